The molecule has 1 saturated heterocycles. The van der Waals surface area contributed by atoms with Crippen LogP contribution in [0.1, 0.15) is 132 Å². The lowest BCUT2D eigenvalue weighted by molar-refractivity contribution is -0.273. The van der Waals surface area contributed by atoms with Gasteiger partial charge in [0.1, 0.15) is 30.5 Å². The van der Waals surface area contributed by atoms with E-state index in [1.165, 1.54) is 70.6 Å². The molecule has 0 bridgehead atoms. The molecule has 18 atom stereocenters. The number of hydrogen-bond acceptors (Lipinski definition) is 9. The summed E-state index contributed by atoms with van der Waals surface area (Å²) < 4.78 is 11.0. The molecule has 5 saturated carbocycles. The van der Waals surface area contributed by atoms with Crippen LogP contribution in [0.15, 0.2) is 0 Å². The van der Waals surface area contributed by atoms with Crippen molar-refractivity contribution >= 4 is 0 Å². The van der Waals surface area contributed by atoms with Gasteiger partial charge in [-0.3, -0.25) is 0 Å². The maximum absolute atomic E-state index is 10.9. The SMILES string of the molecule is CC(CC[C@@H](O)[C@@H](O)[C@@H](O)CO[C@@H]1O[C@H](CO)[C@@H](O)[C@H](O)[C@H]1N)C1CC[C@@]2(C)C1CC[C@]1(C)C2CCC2[C@@]3(C)CCCC(C)(C)C3CC[C@]21C. The third kappa shape index (κ3) is 6.17. The van der Waals surface area contributed by atoms with Gasteiger partial charge >= 0.3 is 0 Å². The van der Waals surface area contributed by atoms with E-state index in [-0.39, 0.29) is 6.61 Å². The van der Waals surface area contributed by atoms with Crippen LogP contribution in [0, 0.1) is 62.6 Å². The van der Waals surface area contributed by atoms with Crippen LogP contribution in [-0.4, -0.2) is 92.8 Å². The fourth-order valence-electron chi connectivity index (χ4n) is 14.6. The molecule has 6 rings (SSSR count). The second kappa shape index (κ2) is 14.1. The third-order valence-corrected chi connectivity index (χ3v) is 17.6. The zero-order chi connectivity index (χ0) is 36.6. The lowest BCUT2D eigenvalue weighted by Crippen LogP contribution is -2.65. The fourth-order valence-corrected chi connectivity index (χ4v) is 14.6. The van der Waals surface area contributed by atoms with Crippen LogP contribution in [0.3, 0.4) is 0 Å². The highest BCUT2D eigenvalue weighted by Gasteiger charge is 2.70. The van der Waals surface area contributed by atoms with Gasteiger partial charge in [0.15, 0.2) is 6.29 Å². The summed E-state index contributed by atoms with van der Waals surface area (Å²) in [5.74, 6) is 4.12. The van der Waals surface area contributed by atoms with Crippen LogP contribution >= 0.6 is 0 Å². The Morgan fingerprint density at radius 3 is 2.04 bits per heavy atom. The van der Waals surface area contributed by atoms with Gasteiger partial charge in [-0.2, -0.15) is 0 Å². The number of rotatable bonds is 10. The summed E-state index contributed by atoms with van der Waals surface area (Å²) in [6.07, 6.45) is 7.10. The summed E-state index contributed by atoms with van der Waals surface area (Å²) in [5.41, 5.74) is 7.96. The van der Waals surface area contributed by atoms with E-state index in [1.54, 1.807) is 0 Å². The molecule has 290 valence electrons. The van der Waals surface area contributed by atoms with E-state index in [0.717, 1.165) is 24.2 Å². The Bertz CT molecular complexity index is 1190. The summed E-state index contributed by atoms with van der Waals surface area (Å²) in [6.45, 7) is 17.3. The lowest BCUT2D eigenvalue weighted by atomic mass is 9.32. The first kappa shape index (κ1) is 39.3. The summed E-state index contributed by atoms with van der Waals surface area (Å²) in [5, 5.41) is 62.0. The molecule has 0 amide bonds. The van der Waals surface area contributed by atoms with Gasteiger partial charge in [0.2, 0.25) is 0 Å². The normalized spacial score (nSPS) is 51.0. The Labute approximate surface area is 302 Å². The van der Waals surface area contributed by atoms with E-state index in [0.29, 0.717) is 51.2 Å². The third-order valence-electron chi connectivity index (χ3n) is 17.6. The molecule has 50 heavy (non-hydrogen) atoms. The second-order valence-corrected chi connectivity index (χ2v) is 20.1. The van der Waals surface area contributed by atoms with Crippen molar-refractivity contribution in [3.63, 3.8) is 0 Å². The first-order valence-corrected chi connectivity index (χ1v) is 20.4. The zero-order valence-electron chi connectivity index (χ0n) is 32.3. The van der Waals surface area contributed by atoms with Gasteiger partial charge in [-0.15, -0.1) is 0 Å². The van der Waals surface area contributed by atoms with Crippen LogP contribution in [-0.2, 0) is 9.47 Å². The zero-order valence-corrected chi connectivity index (χ0v) is 32.3. The molecule has 0 radical (unpaired) electrons. The van der Waals surface area contributed by atoms with E-state index in [9.17, 15) is 30.6 Å². The number of nitrogens with two attached hydrogens (primary N) is 1. The second-order valence-electron chi connectivity index (χ2n) is 20.1. The minimum Gasteiger partial charge on any atom is -0.394 e. The maximum atomic E-state index is 10.9. The Balaban J connectivity index is 1.05. The topological polar surface area (TPSA) is 166 Å². The molecule has 6 unspecified atom stereocenters. The van der Waals surface area contributed by atoms with Crippen molar-refractivity contribution in [2.75, 3.05) is 13.2 Å². The minimum absolute atomic E-state index is 0.343. The number of ether oxygens (including phenoxy) is 2. The molecule has 6 aliphatic rings. The standard InChI is InChI=1S/C41H73NO8/c1-23(9-10-26(44)33(46)27(45)22-49-36-32(42)35(48)34(47)28(21-43)50-36)24-13-18-38(4)25(24)14-19-40(6)30(38)11-12-31-39(5)17-8-16-37(2,3)29(39)15-20-41(31,40)7/h23-36,43-48H,8-22,42H2,1-7H3/t23?,24?,25?,26-,27+,28-,29?,30?,31?,32-,33-,34-,35-,36-,38+,39+,40-,41-/m1/s1. The average molecular weight is 708 g/mol. The number of aliphatic hydroxyl groups is 6. The largest absolute Gasteiger partial charge is 0.394 e. The molecule has 9 heteroatoms. The van der Waals surface area contributed by atoms with Crippen molar-refractivity contribution in [2.24, 2.45) is 68.3 Å². The summed E-state index contributed by atoms with van der Waals surface area (Å²) >= 11 is 0. The first-order valence-electron chi connectivity index (χ1n) is 20.4. The number of aliphatic hydroxyl groups excluding tert-OH is 6. The molecule has 1 aliphatic heterocycles. The van der Waals surface area contributed by atoms with Gasteiger partial charge in [-0.1, -0.05) is 54.9 Å². The van der Waals surface area contributed by atoms with Crippen molar-refractivity contribution in [1.82, 2.24) is 0 Å². The molecule has 0 aromatic heterocycles. The van der Waals surface area contributed by atoms with Crippen molar-refractivity contribution in [2.45, 2.75) is 181 Å². The first-order chi connectivity index (χ1) is 23.4. The van der Waals surface area contributed by atoms with E-state index in [1.807, 2.05) is 0 Å². The van der Waals surface area contributed by atoms with E-state index < -0.39 is 55.6 Å². The Hall–Kier alpha value is -0.360. The number of hydrogen-bond donors (Lipinski definition) is 7. The van der Waals surface area contributed by atoms with E-state index in [2.05, 4.69) is 48.5 Å². The molecule has 0 aromatic carbocycles. The summed E-state index contributed by atoms with van der Waals surface area (Å²) in [7, 11) is 0. The van der Waals surface area contributed by atoms with Crippen molar-refractivity contribution in [1.29, 1.82) is 0 Å². The van der Waals surface area contributed by atoms with E-state index >= 15 is 0 Å². The Kier molecular flexibility index (Phi) is 11.1. The molecule has 6 fully saturated rings. The van der Waals surface area contributed by atoms with Crippen molar-refractivity contribution < 1.29 is 40.1 Å². The fraction of sp³-hybridized carbons (Fsp3) is 1.00. The van der Waals surface area contributed by atoms with Gasteiger partial charge in [-0.05, 0) is 140 Å². The molecule has 0 aromatic rings. The van der Waals surface area contributed by atoms with E-state index in [4.69, 9.17) is 15.2 Å². The van der Waals surface area contributed by atoms with Gasteiger partial charge < -0.3 is 45.8 Å². The van der Waals surface area contributed by atoms with Gasteiger partial charge in [-0.25, -0.2) is 0 Å². The summed E-state index contributed by atoms with van der Waals surface area (Å²) in [4.78, 5) is 0. The van der Waals surface area contributed by atoms with Gasteiger partial charge in [0.05, 0.1) is 25.4 Å². The Morgan fingerprint density at radius 2 is 1.38 bits per heavy atom. The van der Waals surface area contributed by atoms with Gasteiger partial charge in [0, 0.05) is 0 Å². The van der Waals surface area contributed by atoms with Crippen LogP contribution in [0.25, 0.3) is 0 Å². The molecular weight excluding hydrogens is 634 g/mol. The average Bonchev–Trinajstić information content (AvgIpc) is 3.42. The molecule has 9 nitrogen and oxygen atoms in total. The van der Waals surface area contributed by atoms with Crippen LogP contribution in [0.4, 0.5) is 0 Å². The molecule has 1 heterocycles. The van der Waals surface area contributed by atoms with Crippen molar-refractivity contribution in [3.05, 3.63) is 0 Å². The Morgan fingerprint density at radius 1 is 0.740 bits per heavy atom. The molecular formula is C41H73NO8. The number of fused-ring (bicyclic) bond motifs is 7. The molecule has 0 spiro atoms. The van der Waals surface area contributed by atoms with Crippen LogP contribution in [0.5, 0.6) is 0 Å². The molecule has 5 aliphatic carbocycles. The molecule has 8 N–H and O–H groups in total. The van der Waals surface area contributed by atoms with Crippen molar-refractivity contribution in [3.8, 4) is 0 Å². The van der Waals surface area contributed by atoms with Gasteiger partial charge in [0.25, 0.3) is 0 Å². The highest BCUT2D eigenvalue weighted by Crippen LogP contribution is 2.78. The predicted molar refractivity (Wildman–Crippen MR) is 193 cm³/mol. The van der Waals surface area contributed by atoms with Crippen LogP contribution < -0.4 is 5.73 Å². The lowest BCUT2D eigenvalue weighted by Gasteiger charge is -2.73. The van der Waals surface area contributed by atoms with Crippen LogP contribution in [0.2, 0.25) is 0 Å². The summed E-state index contributed by atoms with van der Waals surface area (Å²) in [6, 6.07) is -1.10. The maximum Gasteiger partial charge on any atom is 0.175 e. The highest BCUT2D eigenvalue weighted by molar-refractivity contribution is 5.19. The quantitative estimate of drug-likeness (QED) is 0.170. The highest BCUT2D eigenvalue weighted by atomic mass is 16.7. The predicted octanol–water partition coefficient (Wildman–Crippen LogP) is 4.76. The smallest absolute Gasteiger partial charge is 0.175 e. The minimum atomic E-state index is -1.42. The monoisotopic (exact) mass is 708 g/mol.